The SMILES string of the molecule is COc1ccc2c(c1)C(C(=O)N(C)N1CCCCC1C)CN2S(=O)(=O)c1c(C)cc(OC)c(C)c1C. The Morgan fingerprint density at radius 1 is 1.06 bits per heavy atom. The highest BCUT2D eigenvalue weighted by Gasteiger charge is 2.43. The van der Waals surface area contributed by atoms with Crippen LogP contribution in [0.2, 0.25) is 0 Å². The number of methoxy groups -OCH3 is 2. The van der Waals surface area contributed by atoms with Crippen molar-refractivity contribution in [2.75, 3.05) is 38.7 Å². The average molecular weight is 516 g/mol. The molecule has 0 aromatic heterocycles. The molecule has 0 saturated carbocycles. The van der Waals surface area contributed by atoms with E-state index in [-0.39, 0.29) is 23.4 Å². The number of sulfonamides is 1. The van der Waals surface area contributed by atoms with E-state index in [1.165, 1.54) is 4.31 Å². The van der Waals surface area contributed by atoms with E-state index in [0.717, 1.165) is 31.4 Å². The maximum absolute atomic E-state index is 14.2. The van der Waals surface area contributed by atoms with E-state index >= 15 is 0 Å². The fraction of sp³-hybridized carbons (Fsp3) is 0.519. The zero-order chi connectivity index (χ0) is 26.4. The first kappa shape index (κ1) is 26.3. The van der Waals surface area contributed by atoms with Gasteiger partial charge in [-0.25, -0.2) is 13.4 Å². The van der Waals surface area contributed by atoms with Gasteiger partial charge in [-0.15, -0.1) is 0 Å². The molecule has 0 N–H and O–H groups in total. The molecule has 2 aromatic carbocycles. The van der Waals surface area contributed by atoms with Crippen molar-refractivity contribution in [2.45, 2.75) is 63.8 Å². The summed E-state index contributed by atoms with van der Waals surface area (Å²) < 4.78 is 40.6. The Kier molecular flexibility index (Phi) is 7.26. The van der Waals surface area contributed by atoms with Crippen molar-refractivity contribution in [1.82, 2.24) is 10.0 Å². The molecule has 0 bridgehead atoms. The van der Waals surface area contributed by atoms with Gasteiger partial charge in [0.25, 0.3) is 10.0 Å². The lowest BCUT2D eigenvalue weighted by Gasteiger charge is -2.40. The van der Waals surface area contributed by atoms with Crippen LogP contribution in [0.25, 0.3) is 0 Å². The van der Waals surface area contributed by atoms with Crippen LogP contribution in [0.4, 0.5) is 5.69 Å². The number of benzene rings is 2. The number of amides is 1. The third kappa shape index (κ3) is 4.32. The first-order valence-corrected chi connectivity index (χ1v) is 13.9. The van der Waals surface area contributed by atoms with E-state index in [1.54, 1.807) is 64.4 Å². The monoisotopic (exact) mass is 515 g/mol. The number of nitrogens with zero attached hydrogens (tertiary/aromatic N) is 3. The van der Waals surface area contributed by atoms with E-state index in [1.807, 2.05) is 6.92 Å². The zero-order valence-corrected chi connectivity index (χ0v) is 23.1. The van der Waals surface area contributed by atoms with Crippen LogP contribution in [0.3, 0.4) is 0 Å². The number of hydrazine groups is 1. The fourth-order valence-electron chi connectivity index (χ4n) is 5.59. The molecular weight excluding hydrogens is 478 g/mol. The van der Waals surface area contributed by atoms with Crippen LogP contribution in [0.1, 0.15) is 54.4 Å². The summed E-state index contributed by atoms with van der Waals surface area (Å²) in [6, 6.07) is 7.29. The Morgan fingerprint density at radius 2 is 1.78 bits per heavy atom. The number of fused-ring (bicyclic) bond motifs is 1. The van der Waals surface area contributed by atoms with Crippen LogP contribution in [-0.2, 0) is 14.8 Å². The van der Waals surface area contributed by atoms with Gasteiger partial charge < -0.3 is 9.47 Å². The van der Waals surface area contributed by atoms with Crippen molar-refractivity contribution in [3.05, 3.63) is 46.5 Å². The second-order valence-electron chi connectivity index (χ2n) is 9.86. The highest BCUT2D eigenvalue weighted by molar-refractivity contribution is 7.93. The lowest BCUT2D eigenvalue weighted by molar-refractivity contribution is -0.153. The zero-order valence-electron chi connectivity index (χ0n) is 22.3. The van der Waals surface area contributed by atoms with Crippen LogP contribution < -0.4 is 13.8 Å². The molecule has 1 saturated heterocycles. The normalized spacial score (nSPS) is 20.2. The topological polar surface area (TPSA) is 79.4 Å². The summed E-state index contributed by atoms with van der Waals surface area (Å²) in [5.74, 6) is 0.493. The average Bonchev–Trinajstić information content (AvgIpc) is 3.25. The Labute approximate surface area is 214 Å². The maximum Gasteiger partial charge on any atom is 0.264 e. The largest absolute Gasteiger partial charge is 0.497 e. The molecule has 2 aliphatic rings. The number of hydrogen-bond donors (Lipinski definition) is 0. The summed E-state index contributed by atoms with van der Waals surface area (Å²) >= 11 is 0. The summed E-state index contributed by atoms with van der Waals surface area (Å²) in [4.78, 5) is 14.1. The predicted molar refractivity (Wildman–Crippen MR) is 140 cm³/mol. The number of piperidine rings is 1. The highest BCUT2D eigenvalue weighted by atomic mass is 32.2. The first-order chi connectivity index (χ1) is 17.0. The van der Waals surface area contributed by atoms with Crippen LogP contribution in [0, 0.1) is 20.8 Å². The molecule has 2 unspecified atom stereocenters. The van der Waals surface area contributed by atoms with E-state index in [0.29, 0.717) is 33.9 Å². The van der Waals surface area contributed by atoms with Crippen LogP contribution in [-0.4, -0.2) is 64.7 Å². The Bertz CT molecular complexity index is 1280. The van der Waals surface area contributed by atoms with Crippen LogP contribution in [0.5, 0.6) is 11.5 Å². The number of carbonyl (C=O) groups is 1. The molecule has 0 aliphatic carbocycles. The standard InChI is InChI=1S/C27H37N3O5S/c1-17-14-25(35-7)19(3)20(4)26(17)36(32,33)30-16-23(22-15-21(34-6)11-12-24(22)30)27(31)28(5)29-13-9-8-10-18(29)2/h11-12,14-15,18,23H,8-10,13,16H2,1-7H3. The van der Waals surface area contributed by atoms with Crippen molar-refractivity contribution in [1.29, 1.82) is 0 Å². The molecular formula is C27H37N3O5S. The van der Waals surface area contributed by atoms with Gasteiger partial charge in [0.1, 0.15) is 11.5 Å². The number of carbonyl (C=O) groups excluding carboxylic acids is 1. The molecule has 8 nitrogen and oxygen atoms in total. The van der Waals surface area contributed by atoms with Gasteiger partial charge in [0.2, 0.25) is 5.91 Å². The molecule has 4 rings (SSSR count). The molecule has 2 atom stereocenters. The Morgan fingerprint density at radius 3 is 2.42 bits per heavy atom. The van der Waals surface area contributed by atoms with Gasteiger partial charge in [0, 0.05) is 19.6 Å². The molecule has 196 valence electrons. The predicted octanol–water partition coefficient (Wildman–Crippen LogP) is 4.17. The summed E-state index contributed by atoms with van der Waals surface area (Å²) in [6.07, 6.45) is 3.21. The van der Waals surface area contributed by atoms with Crippen LogP contribution in [0.15, 0.2) is 29.2 Å². The first-order valence-electron chi connectivity index (χ1n) is 12.4. The molecule has 0 radical (unpaired) electrons. The van der Waals surface area contributed by atoms with Crippen molar-refractivity contribution < 1.29 is 22.7 Å². The minimum absolute atomic E-state index is 0.0419. The minimum Gasteiger partial charge on any atom is -0.497 e. The number of aryl methyl sites for hydroxylation is 1. The van der Waals surface area contributed by atoms with Gasteiger partial charge in [-0.2, -0.15) is 0 Å². The molecule has 2 heterocycles. The van der Waals surface area contributed by atoms with E-state index in [9.17, 15) is 13.2 Å². The van der Waals surface area contributed by atoms with Crippen molar-refractivity contribution in [3.8, 4) is 11.5 Å². The highest BCUT2D eigenvalue weighted by Crippen LogP contribution is 2.44. The second-order valence-corrected chi connectivity index (χ2v) is 11.7. The van der Waals surface area contributed by atoms with Crippen LogP contribution >= 0.6 is 0 Å². The van der Waals surface area contributed by atoms with E-state index in [2.05, 4.69) is 11.9 Å². The Hall–Kier alpha value is -2.78. The lowest BCUT2D eigenvalue weighted by Crippen LogP contribution is -2.52. The second kappa shape index (κ2) is 9.94. The van der Waals surface area contributed by atoms with Gasteiger partial charge in [0.05, 0.1) is 37.3 Å². The Balaban J connectivity index is 1.78. The summed E-state index contributed by atoms with van der Waals surface area (Å²) in [6.45, 7) is 8.42. The number of ether oxygens (including phenoxy) is 2. The smallest absolute Gasteiger partial charge is 0.264 e. The lowest BCUT2D eigenvalue weighted by atomic mass is 9.99. The van der Waals surface area contributed by atoms with Crippen molar-refractivity contribution >= 4 is 21.6 Å². The molecule has 0 spiro atoms. The van der Waals surface area contributed by atoms with E-state index < -0.39 is 15.9 Å². The summed E-state index contributed by atoms with van der Waals surface area (Å²) in [5.41, 5.74) is 3.22. The third-order valence-corrected chi connectivity index (χ3v) is 9.81. The van der Waals surface area contributed by atoms with Gasteiger partial charge in [0.15, 0.2) is 0 Å². The molecule has 2 aromatic rings. The minimum atomic E-state index is -3.96. The molecule has 1 fully saturated rings. The quantitative estimate of drug-likeness (QED) is 0.575. The summed E-state index contributed by atoms with van der Waals surface area (Å²) in [5, 5.41) is 3.80. The number of likely N-dealkylation sites (N-methyl/N-ethyl adjacent to an activating group) is 1. The number of anilines is 1. The van der Waals surface area contributed by atoms with Crippen molar-refractivity contribution in [2.24, 2.45) is 0 Å². The third-order valence-electron chi connectivity index (χ3n) is 7.74. The molecule has 1 amide bonds. The van der Waals surface area contributed by atoms with Gasteiger partial charge in [-0.1, -0.05) is 6.42 Å². The number of hydrogen-bond acceptors (Lipinski definition) is 6. The fourth-order valence-corrected chi connectivity index (χ4v) is 7.58. The molecule has 36 heavy (non-hydrogen) atoms. The van der Waals surface area contributed by atoms with E-state index in [4.69, 9.17) is 9.47 Å². The van der Waals surface area contributed by atoms with Crippen molar-refractivity contribution in [3.63, 3.8) is 0 Å². The maximum atomic E-state index is 14.2. The summed E-state index contributed by atoms with van der Waals surface area (Å²) in [7, 11) is 0.983. The van der Waals surface area contributed by atoms with Gasteiger partial charge in [-0.05, 0) is 87.1 Å². The van der Waals surface area contributed by atoms with Gasteiger partial charge in [-0.3, -0.25) is 14.1 Å². The molecule has 9 heteroatoms. The van der Waals surface area contributed by atoms with Gasteiger partial charge >= 0.3 is 0 Å². The molecule has 2 aliphatic heterocycles. The number of rotatable bonds is 6.